The quantitative estimate of drug-likeness (QED) is 0.662. The number of carbonyl (C=O) groups excluding carboxylic acids is 1. The molecule has 0 saturated carbocycles. The molecule has 1 fully saturated rings. The molecule has 0 radical (unpaired) electrons. The smallest absolute Gasteiger partial charge is 0.349 e. The van der Waals surface area contributed by atoms with Crippen molar-refractivity contribution < 1.29 is 13.9 Å². The van der Waals surface area contributed by atoms with Crippen LogP contribution in [0.2, 0.25) is 0 Å². The Balaban J connectivity index is 1.54. The molecule has 2 aromatic heterocycles. The van der Waals surface area contributed by atoms with E-state index in [0.717, 1.165) is 25.9 Å². The van der Waals surface area contributed by atoms with Gasteiger partial charge in [0.15, 0.2) is 5.82 Å². The lowest BCUT2D eigenvalue weighted by Crippen LogP contribution is -2.29. The van der Waals surface area contributed by atoms with Crippen molar-refractivity contribution >= 4 is 22.8 Å². The van der Waals surface area contributed by atoms with E-state index in [4.69, 9.17) is 9.15 Å². The van der Waals surface area contributed by atoms with E-state index in [1.807, 2.05) is 4.90 Å². The van der Waals surface area contributed by atoms with Crippen LogP contribution < -0.4 is 20.6 Å². The van der Waals surface area contributed by atoms with Crippen molar-refractivity contribution in [2.24, 2.45) is 0 Å². The van der Waals surface area contributed by atoms with Crippen molar-refractivity contribution in [1.82, 2.24) is 20.3 Å². The fraction of sp³-hybridized carbons (Fsp3) is 0.316. The van der Waals surface area contributed by atoms with Crippen molar-refractivity contribution in [3.05, 3.63) is 52.1 Å². The van der Waals surface area contributed by atoms with Crippen molar-refractivity contribution in [2.75, 3.05) is 25.1 Å². The van der Waals surface area contributed by atoms with Crippen LogP contribution in [0, 0.1) is 0 Å². The van der Waals surface area contributed by atoms with E-state index >= 15 is 0 Å². The van der Waals surface area contributed by atoms with Gasteiger partial charge < -0.3 is 19.4 Å². The number of fused-ring (bicyclic) bond motifs is 1. The maximum Gasteiger partial charge on any atom is 0.349 e. The topological polar surface area (TPSA) is 110 Å². The third kappa shape index (κ3) is 3.64. The van der Waals surface area contributed by atoms with Crippen LogP contribution in [0.1, 0.15) is 29.0 Å². The molecule has 1 amide bonds. The summed E-state index contributed by atoms with van der Waals surface area (Å²) in [7, 11) is 1.48. The van der Waals surface area contributed by atoms with Crippen LogP contribution in [0.25, 0.3) is 11.0 Å². The van der Waals surface area contributed by atoms with Gasteiger partial charge in [-0.05, 0) is 25.0 Å². The van der Waals surface area contributed by atoms with Gasteiger partial charge in [0.25, 0.3) is 5.91 Å². The lowest BCUT2D eigenvalue weighted by molar-refractivity contribution is 0.0946. The first kappa shape index (κ1) is 17.9. The Morgan fingerprint density at radius 2 is 2.00 bits per heavy atom. The number of nitrogens with one attached hydrogen (secondary N) is 1. The van der Waals surface area contributed by atoms with Gasteiger partial charge >= 0.3 is 11.6 Å². The number of nitrogens with zero attached hydrogens (tertiary/aromatic N) is 4. The fourth-order valence-corrected chi connectivity index (χ4v) is 3.09. The molecule has 0 atom stereocenters. The Morgan fingerprint density at radius 1 is 1.21 bits per heavy atom. The summed E-state index contributed by atoms with van der Waals surface area (Å²) in [6.45, 7) is 1.78. The molecule has 0 unspecified atom stereocenters. The molecule has 1 aliphatic heterocycles. The molecular weight excluding hydrogens is 362 g/mol. The van der Waals surface area contributed by atoms with Crippen LogP contribution in [0.3, 0.4) is 0 Å². The minimum atomic E-state index is -0.692. The number of benzene rings is 1. The number of amides is 1. The van der Waals surface area contributed by atoms with Gasteiger partial charge in [-0.3, -0.25) is 4.79 Å². The zero-order valence-corrected chi connectivity index (χ0v) is 15.3. The van der Waals surface area contributed by atoms with Crippen LogP contribution in [0.4, 0.5) is 5.95 Å². The molecule has 1 aromatic carbocycles. The predicted octanol–water partition coefficient (Wildman–Crippen LogP) is 1.52. The van der Waals surface area contributed by atoms with Crippen molar-refractivity contribution in [3.8, 4) is 6.01 Å². The number of carbonyl (C=O) groups is 1. The van der Waals surface area contributed by atoms with Crippen molar-refractivity contribution in [1.29, 1.82) is 0 Å². The second-order valence-electron chi connectivity index (χ2n) is 6.40. The summed E-state index contributed by atoms with van der Waals surface area (Å²) in [5.74, 6) is 0.327. The van der Waals surface area contributed by atoms with E-state index in [2.05, 4.69) is 20.3 Å². The molecule has 1 aliphatic rings. The van der Waals surface area contributed by atoms with Gasteiger partial charge in [0, 0.05) is 18.5 Å². The van der Waals surface area contributed by atoms with Gasteiger partial charge in [0.1, 0.15) is 11.1 Å². The van der Waals surface area contributed by atoms with E-state index < -0.39 is 11.5 Å². The molecule has 0 bridgehead atoms. The predicted molar refractivity (Wildman–Crippen MR) is 101 cm³/mol. The van der Waals surface area contributed by atoms with E-state index in [9.17, 15) is 9.59 Å². The van der Waals surface area contributed by atoms with E-state index in [1.165, 1.54) is 13.2 Å². The summed E-state index contributed by atoms with van der Waals surface area (Å²) in [6.07, 6.45) is 2.16. The zero-order chi connectivity index (χ0) is 19.5. The minimum absolute atomic E-state index is 0.0326. The number of rotatable bonds is 5. The van der Waals surface area contributed by atoms with E-state index in [0.29, 0.717) is 22.7 Å². The Labute approximate surface area is 160 Å². The zero-order valence-electron chi connectivity index (χ0n) is 15.3. The second-order valence-corrected chi connectivity index (χ2v) is 6.40. The first-order valence-electron chi connectivity index (χ1n) is 8.99. The summed E-state index contributed by atoms with van der Waals surface area (Å²) in [6, 6.07) is 8.72. The van der Waals surface area contributed by atoms with Crippen LogP contribution in [0.15, 0.2) is 39.5 Å². The van der Waals surface area contributed by atoms with Gasteiger partial charge in [-0.25, -0.2) is 4.79 Å². The number of ether oxygens (including phenoxy) is 1. The Bertz CT molecular complexity index is 1080. The molecule has 0 spiro atoms. The highest BCUT2D eigenvalue weighted by molar-refractivity contribution is 5.96. The molecule has 28 heavy (non-hydrogen) atoms. The van der Waals surface area contributed by atoms with Gasteiger partial charge in [-0.1, -0.05) is 18.2 Å². The number of hydrogen-bond donors (Lipinski definition) is 1. The summed E-state index contributed by atoms with van der Waals surface area (Å²) in [4.78, 5) is 39.5. The van der Waals surface area contributed by atoms with Crippen LogP contribution in [-0.4, -0.2) is 41.1 Å². The molecular formula is C19H19N5O4. The monoisotopic (exact) mass is 381 g/mol. The van der Waals surface area contributed by atoms with Gasteiger partial charge in [-0.2, -0.15) is 15.0 Å². The molecule has 1 saturated heterocycles. The molecule has 0 aliphatic carbocycles. The largest absolute Gasteiger partial charge is 0.467 e. The number of methoxy groups -OCH3 is 1. The number of aromatic nitrogens is 3. The standard InChI is InChI=1S/C19H19N5O4/c1-27-19-22-15(21-18(23-19)24-8-4-5-9-24)11-20-16(25)13-10-12-6-2-3-7-14(12)28-17(13)26/h2-3,6-7,10H,4-5,8-9,11H2,1H3,(H,20,25). The first-order valence-corrected chi connectivity index (χ1v) is 8.99. The van der Waals surface area contributed by atoms with Crippen molar-refractivity contribution in [3.63, 3.8) is 0 Å². The lowest BCUT2D eigenvalue weighted by Gasteiger charge is -2.16. The molecule has 9 nitrogen and oxygen atoms in total. The SMILES string of the molecule is COc1nc(CNC(=O)c2cc3ccccc3oc2=O)nc(N2CCCC2)n1. The summed E-state index contributed by atoms with van der Waals surface area (Å²) < 4.78 is 10.4. The van der Waals surface area contributed by atoms with E-state index in [1.54, 1.807) is 24.3 Å². The van der Waals surface area contributed by atoms with Crippen LogP contribution >= 0.6 is 0 Å². The highest BCUT2D eigenvalue weighted by atomic mass is 16.5. The first-order chi connectivity index (χ1) is 13.6. The van der Waals surface area contributed by atoms with Crippen LogP contribution in [-0.2, 0) is 6.54 Å². The van der Waals surface area contributed by atoms with E-state index in [-0.39, 0.29) is 18.1 Å². The fourth-order valence-electron chi connectivity index (χ4n) is 3.09. The number of para-hydroxylation sites is 1. The summed E-state index contributed by atoms with van der Waals surface area (Å²) in [5.41, 5.74) is -0.330. The van der Waals surface area contributed by atoms with Gasteiger partial charge in [0.2, 0.25) is 5.95 Å². The molecule has 3 aromatic rings. The van der Waals surface area contributed by atoms with Gasteiger partial charge in [-0.15, -0.1) is 0 Å². The Kier molecular flexibility index (Phi) is 4.88. The summed E-state index contributed by atoms with van der Waals surface area (Å²) in [5, 5.41) is 3.34. The third-order valence-corrected chi connectivity index (χ3v) is 4.51. The second kappa shape index (κ2) is 7.63. The lowest BCUT2D eigenvalue weighted by atomic mass is 10.2. The number of anilines is 1. The van der Waals surface area contributed by atoms with Gasteiger partial charge in [0.05, 0.1) is 13.7 Å². The summed E-state index contributed by atoms with van der Waals surface area (Å²) >= 11 is 0. The molecule has 144 valence electrons. The minimum Gasteiger partial charge on any atom is -0.467 e. The highest BCUT2D eigenvalue weighted by Gasteiger charge is 2.19. The molecule has 4 rings (SSSR count). The third-order valence-electron chi connectivity index (χ3n) is 4.51. The molecule has 9 heteroatoms. The number of hydrogen-bond acceptors (Lipinski definition) is 8. The van der Waals surface area contributed by atoms with Crippen LogP contribution in [0.5, 0.6) is 6.01 Å². The Hall–Kier alpha value is -3.49. The normalized spacial score (nSPS) is 13.7. The van der Waals surface area contributed by atoms with Crippen molar-refractivity contribution in [2.45, 2.75) is 19.4 Å². The Morgan fingerprint density at radius 3 is 2.79 bits per heavy atom. The highest BCUT2D eigenvalue weighted by Crippen LogP contribution is 2.18. The maximum absolute atomic E-state index is 12.5. The molecule has 1 N–H and O–H groups in total. The maximum atomic E-state index is 12.5. The average molecular weight is 381 g/mol. The average Bonchev–Trinajstić information content (AvgIpc) is 3.26. The molecule has 3 heterocycles.